The van der Waals surface area contributed by atoms with Crippen LogP contribution in [0, 0.1) is 0 Å². The van der Waals surface area contributed by atoms with Crippen molar-refractivity contribution < 1.29 is 20.1 Å². The number of thioether (sulfide) groups is 1. The van der Waals surface area contributed by atoms with Crippen molar-refractivity contribution in [1.29, 1.82) is 0 Å². The quantitative estimate of drug-likeness (QED) is 0.696. The van der Waals surface area contributed by atoms with Crippen molar-refractivity contribution in [3.05, 3.63) is 12.7 Å². The van der Waals surface area contributed by atoms with Gasteiger partial charge in [-0.1, -0.05) is 0 Å². The Hall–Kier alpha value is -1.42. The Morgan fingerprint density at radius 2 is 2.20 bits per heavy atom. The number of imidazole rings is 1. The number of aliphatic hydroxyl groups is 2. The fraction of sp³-hybridized carbons (Fsp3) is 0.545. The van der Waals surface area contributed by atoms with Gasteiger partial charge in [-0.2, -0.15) is 16.7 Å². The Bertz CT molecular complexity index is 621. The van der Waals surface area contributed by atoms with E-state index in [0.717, 1.165) is 0 Å². The van der Waals surface area contributed by atoms with E-state index < -0.39 is 18.4 Å². The minimum absolute atomic E-state index is 0.202. The van der Waals surface area contributed by atoms with Gasteiger partial charge in [-0.05, 0) is 6.26 Å². The van der Waals surface area contributed by atoms with Crippen LogP contribution in [-0.2, 0) is 4.74 Å². The first-order chi connectivity index (χ1) is 9.67. The molecule has 8 nitrogen and oxygen atoms in total. The number of hydrogen-bond donors (Lipinski definition) is 3. The molecular formula is C11H14N4O4S. The number of aliphatic hydroxyl groups excluding tert-OH is 2. The largest absolute Gasteiger partial charge is 0.492 e. The van der Waals surface area contributed by atoms with Crippen LogP contribution >= 0.6 is 11.8 Å². The van der Waals surface area contributed by atoms with Gasteiger partial charge in [0.05, 0.1) is 24.3 Å². The van der Waals surface area contributed by atoms with Crippen LogP contribution in [0.15, 0.2) is 12.7 Å². The molecule has 1 fully saturated rings. The maximum atomic E-state index is 10.1. The van der Waals surface area contributed by atoms with Crippen LogP contribution in [0.3, 0.4) is 0 Å². The van der Waals surface area contributed by atoms with Crippen molar-refractivity contribution in [2.75, 3.05) is 12.9 Å². The van der Waals surface area contributed by atoms with Crippen molar-refractivity contribution in [3.63, 3.8) is 0 Å². The van der Waals surface area contributed by atoms with E-state index in [-0.39, 0.29) is 23.3 Å². The second-order valence-corrected chi connectivity index (χ2v) is 5.48. The third-order valence-electron chi connectivity index (χ3n) is 3.38. The fourth-order valence-electron chi connectivity index (χ4n) is 2.37. The Kier molecular flexibility index (Phi) is 3.50. The summed E-state index contributed by atoms with van der Waals surface area (Å²) in [6, 6.07) is 0. The van der Waals surface area contributed by atoms with E-state index in [1.807, 2.05) is 6.26 Å². The van der Waals surface area contributed by atoms with E-state index in [9.17, 15) is 15.3 Å². The molecule has 20 heavy (non-hydrogen) atoms. The van der Waals surface area contributed by atoms with Crippen LogP contribution in [0.25, 0.3) is 11.2 Å². The van der Waals surface area contributed by atoms with Crippen molar-refractivity contribution in [2.45, 2.75) is 23.7 Å². The highest BCUT2D eigenvalue weighted by Crippen LogP contribution is 2.38. The summed E-state index contributed by atoms with van der Waals surface area (Å²) in [5.41, 5.74) is 0.699. The zero-order chi connectivity index (χ0) is 14.3. The number of aromatic nitrogens is 4. The topological polar surface area (TPSA) is 114 Å². The second-order valence-electron chi connectivity index (χ2n) is 4.46. The van der Waals surface area contributed by atoms with Crippen LogP contribution in [0.2, 0.25) is 0 Å². The first kappa shape index (κ1) is 13.6. The van der Waals surface area contributed by atoms with Gasteiger partial charge in [-0.3, -0.25) is 4.57 Å². The van der Waals surface area contributed by atoms with Crippen molar-refractivity contribution in [2.24, 2.45) is 0 Å². The number of aromatic hydroxyl groups is 1. The third-order valence-corrected chi connectivity index (χ3v) is 4.43. The van der Waals surface area contributed by atoms with Gasteiger partial charge in [0.1, 0.15) is 12.4 Å². The van der Waals surface area contributed by atoms with Crippen LogP contribution < -0.4 is 0 Å². The monoisotopic (exact) mass is 298 g/mol. The summed E-state index contributed by atoms with van der Waals surface area (Å²) in [6.07, 6.45) is 2.63. The van der Waals surface area contributed by atoms with Gasteiger partial charge in [0.2, 0.25) is 5.88 Å². The summed E-state index contributed by atoms with van der Waals surface area (Å²) < 4.78 is 7.31. The van der Waals surface area contributed by atoms with Crippen LogP contribution in [0.5, 0.6) is 5.88 Å². The van der Waals surface area contributed by atoms with Gasteiger partial charge < -0.3 is 20.1 Å². The summed E-state index contributed by atoms with van der Waals surface area (Å²) in [7, 11) is 0. The van der Waals surface area contributed by atoms with Gasteiger partial charge in [0.15, 0.2) is 17.4 Å². The molecule has 3 rings (SSSR count). The molecule has 1 aliphatic rings. The van der Waals surface area contributed by atoms with Crippen LogP contribution in [0.1, 0.15) is 6.23 Å². The van der Waals surface area contributed by atoms with E-state index in [0.29, 0.717) is 5.65 Å². The van der Waals surface area contributed by atoms with Gasteiger partial charge in [0, 0.05) is 0 Å². The van der Waals surface area contributed by atoms with Gasteiger partial charge in [0.25, 0.3) is 0 Å². The molecule has 0 aliphatic carbocycles. The second kappa shape index (κ2) is 5.17. The lowest BCUT2D eigenvalue weighted by Crippen LogP contribution is -2.31. The average Bonchev–Trinajstić information content (AvgIpc) is 3.00. The molecule has 2 aromatic heterocycles. The molecule has 2 aromatic rings. The highest BCUT2D eigenvalue weighted by molar-refractivity contribution is 7.99. The highest BCUT2D eigenvalue weighted by Gasteiger charge is 2.44. The zero-order valence-corrected chi connectivity index (χ0v) is 11.4. The molecule has 9 heteroatoms. The molecule has 1 aliphatic heterocycles. The van der Waals surface area contributed by atoms with Gasteiger partial charge >= 0.3 is 0 Å². The maximum absolute atomic E-state index is 10.1. The maximum Gasteiger partial charge on any atom is 0.242 e. The molecule has 0 aromatic carbocycles. The summed E-state index contributed by atoms with van der Waals surface area (Å²) in [5, 5.41) is 28.7. The Morgan fingerprint density at radius 1 is 1.40 bits per heavy atom. The minimum atomic E-state index is -0.784. The lowest BCUT2D eigenvalue weighted by molar-refractivity contribution is -0.0430. The number of rotatable bonds is 3. The summed E-state index contributed by atoms with van der Waals surface area (Å²) in [6.45, 7) is -0.262. The lowest BCUT2D eigenvalue weighted by Gasteiger charge is -2.19. The van der Waals surface area contributed by atoms with Crippen molar-refractivity contribution in [1.82, 2.24) is 19.5 Å². The van der Waals surface area contributed by atoms with E-state index in [2.05, 4.69) is 15.0 Å². The zero-order valence-electron chi connectivity index (χ0n) is 10.6. The number of fused-ring (bicyclic) bond motifs is 1. The highest BCUT2D eigenvalue weighted by atomic mass is 32.2. The first-order valence-electron chi connectivity index (χ1n) is 6.01. The molecule has 1 saturated heterocycles. The van der Waals surface area contributed by atoms with E-state index >= 15 is 0 Å². The van der Waals surface area contributed by atoms with Gasteiger partial charge in [-0.25, -0.2) is 9.97 Å². The van der Waals surface area contributed by atoms with Crippen molar-refractivity contribution in [3.8, 4) is 5.88 Å². The molecule has 0 saturated carbocycles. The molecule has 108 valence electrons. The molecule has 0 bridgehead atoms. The third kappa shape index (κ3) is 1.94. The SMILES string of the molecule is CS[C@@H]1[C@H](O)[C@@H](CO)O[C@H]1n1cnc2c(O)ncnc21. The predicted molar refractivity (Wildman–Crippen MR) is 71.3 cm³/mol. The summed E-state index contributed by atoms with van der Waals surface area (Å²) in [5.74, 6) is -0.202. The van der Waals surface area contributed by atoms with Crippen LogP contribution in [-0.4, -0.2) is 65.2 Å². The Balaban J connectivity index is 2.04. The Morgan fingerprint density at radius 3 is 2.90 bits per heavy atom. The summed E-state index contributed by atoms with van der Waals surface area (Å²) in [4.78, 5) is 11.8. The minimum Gasteiger partial charge on any atom is -0.492 e. The van der Waals surface area contributed by atoms with E-state index in [1.165, 1.54) is 24.4 Å². The lowest BCUT2D eigenvalue weighted by atomic mass is 10.2. The van der Waals surface area contributed by atoms with Gasteiger partial charge in [-0.15, -0.1) is 0 Å². The molecule has 0 radical (unpaired) electrons. The number of nitrogens with zero attached hydrogens (tertiary/aromatic N) is 4. The Labute approximate surface area is 118 Å². The smallest absolute Gasteiger partial charge is 0.242 e. The molecule has 0 unspecified atom stereocenters. The fourth-order valence-corrected chi connectivity index (χ4v) is 3.26. The summed E-state index contributed by atoms with van der Waals surface area (Å²) >= 11 is 1.44. The molecule has 3 heterocycles. The number of hydrogen-bond acceptors (Lipinski definition) is 8. The molecule has 0 amide bonds. The van der Waals surface area contributed by atoms with E-state index in [4.69, 9.17) is 4.74 Å². The van der Waals surface area contributed by atoms with Crippen molar-refractivity contribution >= 4 is 22.9 Å². The molecular weight excluding hydrogens is 284 g/mol. The number of ether oxygens (including phenoxy) is 1. The first-order valence-corrected chi connectivity index (χ1v) is 7.29. The average molecular weight is 298 g/mol. The normalized spacial score (nSPS) is 30.1. The molecule has 4 atom stereocenters. The standard InChI is InChI=1S/C11H14N4O4S/c1-20-8-7(17)5(2-16)19-11(8)15-4-14-6-9(15)12-3-13-10(6)18/h3-5,7-8,11,16-17H,2H2,1H3,(H,12,13,18)/t5-,7-,8-,11-/m1/s1. The molecule has 0 spiro atoms. The van der Waals surface area contributed by atoms with Crippen LogP contribution in [0.4, 0.5) is 0 Å². The predicted octanol–water partition coefficient (Wildman–Crippen LogP) is -0.486. The molecule has 3 N–H and O–H groups in total. The van der Waals surface area contributed by atoms with E-state index in [1.54, 1.807) is 4.57 Å².